The Balaban J connectivity index is 1.89. The fourth-order valence-corrected chi connectivity index (χ4v) is 2.69. The van der Waals surface area contributed by atoms with Crippen LogP contribution in [0.5, 0.6) is 17.2 Å². The lowest BCUT2D eigenvalue weighted by molar-refractivity contribution is 0.0439. The van der Waals surface area contributed by atoms with E-state index in [9.17, 15) is 4.79 Å². The van der Waals surface area contributed by atoms with Gasteiger partial charge in [0.15, 0.2) is 19.4 Å². The number of ether oxygens (including phenoxy) is 5. The maximum atomic E-state index is 12.4. The first-order chi connectivity index (χ1) is 12.2. The highest BCUT2D eigenvalue weighted by molar-refractivity contribution is 6.00. The molecule has 3 rings (SSSR count). The number of methoxy groups -OCH3 is 2. The van der Waals surface area contributed by atoms with Gasteiger partial charge in [-0.05, 0) is 24.3 Å². The third kappa shape index (κ3) is 3.92. The van der Waals surface area contributed by atoms with Crippen molar-refractivity contribution in [2.75, 3.05) is 27.8 Å². The van der Waals surface area contributed by atoms with Gasteiger partial charge in [-0.25, -0.2) is 0 Å². The van der Waals surface area contributed by atoms with Gasteiger partial charge in [-0.2, -0.15) is 0 Å². The molecule has 1 aliphatic rings. The third-order valence-corrected chi connectivity index (χ3v) is 3.84. The SMILES string of the molecule is COCOc1ccc([C@H]2CC(=O)c3ccccc3O2)c(OCOC)c1. The molecule has 6 nitrogen and oxygen atoms in total. The van der Waals surface area contributed by atoms with Crippen molar-refractivity contribution < 1.29 is 28.5 Å². The summed E-state index contributed by atoms with van der Waals surface area (Å²) >= 11 is 0. The van der Waals surface area contributed by atoms with Gasteiger partial charge in [0.1, 0.15) is 23.4 Å². The average molecular weight is 344 g/mol. The highest BCUT2D eigenvalue weighted by atomic mass is 16.7. The van der Waals surface area contributed by atoms with Gasteiger partial charge in [0.2, 0.25) is 0 Å². The Kier molecular flexibility index (Phi) is 5.53. The average Bonchev–Trinajstić information content (AvgIpc) is 2.64. The van der Waals surface area contributed by atoms with Crippen LogP contribution in [0.4, 0.5) is 0 Å². The molecule has 132 valence electrons. The molecule has 1 atom stereocenters. The third-order valence-electron chi connectivity index (χ3n) is 3.84. The smallest absolute Gasteiger partial charge is 0.188 e. The Labute approximate surface area is 146 Å². The minimum absolute atomic E-state index is 0.0456. The quantitative estimate of drug-likeness (QED) is 0.718. The van der Waals surface area contributed by atoms with Crippen LogP contribution < -0.4 is 14.2 Å². The largest absolute Gasteiger partial charge is 0.484 e. The van der Waals surface area contributed by atoms with Crippen LogP contribution in [-0.4, -0.2) is 33.6 Å². The zero-order valence-electron chi connectivity index (χ0n) is 14.2. The molecule has 0 N–H and O–H groups in total. The molecular weight excluding hydrogens is 324 g/mol. The van der Waals surface area contributed by atoms with Crippen molar-refractivity contribution in [3.63, 3.8) is 0 Å². The van der Waals surface area contributed by atoms with E-state index in [2.05, 4.69) is 0 Å². The summed E-state index contributed by atoms with van der Waals surface area (Å²) in [6.07, 6.45) is -0.177. The van der Waals surface area contributed by atoms with Crippen molar-refractivity contribution in [1.29, 1.82) is 0 Å². The van der Waals surface area contributed by atoms with Crippen molar-refractivity contribution in [1.82, 2.24) is 0 Å². The van der Waals surface area contributed by atoms with Gasteiger partial charge in [0.05, 0.1) is 12.0 Å². The second kappa shape index (κ2) is 8.00. The van der Waals surface area contributed by atoms with Crippen LogP contribution in [0, 0.1) is 0 Å². The van der Waals surface area contributed by atoms with Gasteiger partial charge in [-0.3, -0.25) is 4.79 Å². The van der Waals surface area contributed by atoms with Gasteiger partial charge in [-0.15, -0.1) is 0 Å². The molecule has 0 aromatic heterocycles. The molecule has 0 unspecified atom stereocenters. The first-order valence-corrected chi connectivity index (χ1v) is 7.89. The second-order valence-electron chi connectivity index (χ2n) is 5.53. The summed E-state index contributed by atoms with van der Waals surface area (Å²) in [5.74, 6) is 1.78. The van der Waals surface area contributed by atoms with Gasteiger partial charge in [0, 0.05) is 25.8 Å². The van der Waals surface area contributed by atoms with Crippen molar-refractivity contribution in [2.45, 2.75) is 12.5 Å². The van der Waals surface area contributed by atoms with Crippen LogP contribution in [0.2, 0.25) is 0 Å². The van der Waals surface area contributed by atoms with E-state index in [-0.39, 0.29) is 25.8 Å². The molecular formula is C19H20O6. The molecule has 0 spiro atoms. The lowest BCUT2D eigenvalue weighted by atomic mass is 9.95. The lowest BCUT2D eigenvalue weighted by Crippen LogP contribution is -2.21. The summed E-state index contributed by atoms with van der Waals surface area (Å²) in [4.78, 5) is 12.4. The fourth-order valence-electron chi connectivity index (χ4n) is 2.69. The Morgan fingerprint density at radius 1 is 1.04 bits per heavy atom. The Morgan fingerprint density at radius 3 is 2.60 bits per heavy atom. The van der Waals surface area contributed by atoms with E-state index in [1.807, 2.05) is 18.2 Å². The standard InChI is InChI=1S/C19H20O6/c1-21-11-23-13-7-8-15(18(9-13)24-12-22-2)19-10-16(20)14-5-3-4-6-17(14)25-19/h3-9,19H,10-12H2,1-2H3/t19-/m1/s1. The molecule has 1 heterocycles. The van der Waals surface area contributed by atoms with Crippen LogP contribution in [0.25, 0.3) is 0 Å². The molecule has 2 aromatic carbocycles. The summed E-state index contributed by atoms with van der Waals surface area (Å²) in [6.45, 7) is 0.215. The zero-order chi connectivity index (χ0) is 17.6. The van der Waals surface area contributed by atoms with E-state index in [1.54, 1.807) is 38.5 Å². The molecule has 6 heteroatoms. The Morgan fingerprint density at radius 2 is 1.80 bits per heavy atom. The number of benzene rings is 2. The molecule has 0 saturated heterocycles. The monoisotopic (exact) mass is 344 g/mol. The van der Waals surface area contributed by atoms with E-state index in [0.29, 0.717) is 22.8 Å². The van der Waals surface area contributed by atoms with Crippen molar-refractivity contribution in [2.24, 2.45) is 0 Å². The van der Waals surface area contributed by atoms with Gasteiger partial charge >= 0.3 is 0 Å². The number of fused-ring (bicyclic) bond motifs is 1. The second-order valence-corrected chi connectivity index (χ2v) is 5.53. The van der Waals surface area contributed by atoms with Crippen molar-refractivity contribution in [3.8, 4) is 17.2 Å². The zero-order valence-corrected chi connectivity index (χ0v) is 14.2. The molecule has 0 amide bonds. The van der Waals surface area contributed by atoms with Crippen LogP contribution in [0.15, 0.2) is 42.5 Å². The molecule has 0 aliphatic carbocycles. The first kappa shape index (κ1) is 17.3. The number of Topliss-reactive ketones (excluding diaryl/α,β-unsaturated/α-hetero) is 1. The predicted octanol–water partition coefficient (Wildman–Crippen LogP) is 3.36. The molecule has 1 aliphatic heterocycles. The number of para-hydroxylation sites is 1. The van der Waals surface area contributed by atoms with E-state index < -0.39 is 6.10 Å². The number of ketones is 1. The number of carbonyl (C=O) groups is 1. The van der Waals surface area contributed by atoms with Gasteiger partial charge in [-0.1, -0.05) is 12.1 Å². The minimum Gasteiger partial charge on any atom is -0.484 e. The summed E-state index contributed by atoms with van der Waals surface area (Å²) < 4.78 is 27.0. The van der Waals surface area contributed by atoms with E-state index >= 15 is 0 Å². The van der Waals surface area contributed by atoms with Crippen LogP contribution in [0.1, 0.15) is 28.4 Å². The number of rotatable bonds is 7. The molecule has 25 heavy (non-hydrogen) atoms. The Hall–Kier alpha value is -2.57. The fraction of sp³-hybridized carbons (Fsp3) is 0.316. The highest BCUT2D eigenvalue weighted by Gasteiger charge is 2.29. The lowest BCUT2D eigenvalue weighted by Gasteiger charge is -2.27. The number of hydrogen-bond donors (Lipinski definition) is 0. The van der Waals surface area contributed by atoms with Crippen molar-refractivity contribution in [3.05, 3.63) is 53.6 Å². The topological polar surface area (TPSA) is 63.2 Å². The van der Waals surface area contributed by atoms with Crippen LogP contribution >= 0.6 is 0 Å². The first-order valence-electron chi connectivity index (χ1n) is 7.89. The Bertz CT molecular complexity index is 742. The van der Waals surface area contributed by atoms with Gasteiger partial charge in [0.25, 0.3) is 0 Å². The predicted molar refractivity (Wildman–Crippen MR) is 90.2 cm³/mol. The summed E-state index contributed by atoms with van der Waals surface area (Å²) in [6, 6.07) is 12.6. The maximum absolute atomic E-state index is 12.4. The maximum Gasteiger partial charge on any atom is 0.188 e. The van der Waals surface area contributed by atoms with E-state index in [4.69, 9.17) is 23.7 Å². The minimum atomic E-state index is -0.425. The number of hydrogen-bond acceptors (Lipinski definition) is 6. The summed E-state index contributed by atoms with van der Waals surface area (Å²) in [5.41, 5.74) is 1.38. The summed E-state index contributed by atoms with van der Waals surface area (Å²) in [7, 11) is 3.09. The van der Waals surface area contributed by atoms with Crippen molar-refractivity contribution >= 4 is 5.78 Å². The van der Waals surface area contributed by atoms with Gasteiger partial charge < -0.3 is 23.7 Å². The molecule has 2 aromatic rings. The van der Waals surface area contributed by atoms with E-state index in [0.717, 1.165) is 5.56 Å². The molecule has 0 bridgehead atoms. The van der Waals surface area contributed by atoms with Crippen LogP contribution in [-0.2, 0) is 9.47 Å². The van der Waals surface area contributed by atoms with E-state index in [1.165, 1.54) is 0 Å². The highest BCUT2D eigenvalue weighted by Crippen LogP contribution is 2.39. The summed E-state index contributed by atoms with van der Waals surface area (Å²) in [5, 5.41) is 0. The molecule has 0 radical (unpaired) electrons. The normalized spacial score (nSPS) is 16.1. The number of carbonyl (C=O) groups excluding carboxylic acids is 1. The van der Waals surface area contributed by atoms with Crippen LogP contribution in [0.3, 0.4) is 0 Å². The molecule has 0 fully saturated rings. The molecule has 0 saturated carbocycles.